The van der Waals surface area contributed by atoms with Gasteiger partial charge in [0.25, 0.3) is 0 Å². The lowest BCUT2D eigenvalue weighted by Gasteiger charge is -2.60. The largest absolute Gasteiger partial charge is 0.388 e. The number of fused-ring (bicyclic) bond motifs is 4. The summed E-state index contributed by atoms with van der Waals surface area (Å²) in [6.45, 7) is 7.18. The number of aliphatic hydroxyl groups is 1. The molecule has 5 rings (SSSR count). The molecular weight excluding hydrogens is 411 g/mol. The van der Waals surface area contributed by atoms with E-state index < -0.39 is 28.9 Å². The molecule has 0 bridgehead atoms. The first kappa shape index (κ1) is 22.0. The minimum absolute atomic E-state index is 0.0192. The lowest BCUT2D eigenvalue weighted by Crippen LogP contribution is -2.64. The van der Waals surface area contributed by atoms with Crippen LogP contribution in [0.3, 0.4) is 0 Å². The fraction of sp³-hybridized carbons (Fsp3) is 0.720. The van der Waals surface area contributed by atoms with E-state index in [0.29, 0.717) is 25.0 Å². The maximum absolute atomic E-state index is 17.4. The summed E-state index contributed by atoms with van der Waals surface area (Å²) in [6.07, 6.45) is 8.70. The number of hydrogen-bond acceptors (Lipinski definition) is 5. The summed E-state index contributed by atoms with van der Waals surface area (Å²) in [6, 6.07) is 0. The Hall–Kier alpha value is -1.86. The number of rotatable bonds is 4. The fourth-order valence-corrected chi connectivity index (χ4v) is 7.98. The second kappa shape index (κ2) is 6.83. The minimum Gasteiger partial charge on any atom is -0.388 e. The Balaban J connectivity index is 1.50. The first-order chi connectivity index (χ1) is 15.1. The lowest BCUT2D eigenvalue weighted by molar-refractivity contribution is -0.143. The highest BCUT2D eigenvalue weighted by Gasteiger charge is 2.87. The molecule has 3 saturated carbocycles. The number of amides is 1. The van der Waals surface area contributed by atoms with Crippen LogP contribution in [0.25, 0.3) is 0 Å². The van der Waals surface area contributed by atoms with Crippen molar-refractivity contribution in [1.82, 2.24) is 5.43 Å². The van der Waals surface area contributed by atoms with Crippen molar-refractivity contribution < 1.29 is 23.8 Å². The molecule has 4 aliphatic carbocycles. The fourth-order valence-electron chi connectivity index (χ4n) is 7.98. The highest BCUT2D eigenvalue weighted by Crippen LogP contribution is 2.77. The van der Waals surface area contributed by atoms with Crippen molar-refractivity contribution in [3.63, 3.8) is 0 Å². The number of hydrogen-bond donors (Lipinski definition) is 2. The highest BCUT2D eigenvalue weighted by molar-refractivity contribution is 6.06. The van der Waals surface area contributed by atoms with Crippen LogP contribution in [0.15, 0.2) is 28.9 Å². The molecule has 1 aliphatic heterocycles. The number of halogens is 1. The molecule has 0 aromatic carbocycles. The summed E-state index contributed by atoms with van der Waals surface area (Å²) in [5.41, 5.74) is 0.387. The summed E-state index contributed by atoms with van der Waals surface area (Å²) in [4.78, 5) is 24.3. The molecule has 4 fully saturated rings. The first-order valence-corrected chi connectivity index (χ1v) is 11.9. The maximum atomic E-state index is 17.4. The van der Waals surface area contributed by atoms with E-state index in [1.165, 1.54) is 0 Å². The van der Waals surface area contributed by atoms with Crippen molar-refractivity contribution in [3.05, 3.63) is 23.8 Å². The Labute approximate surface area is 188 Å². The Bertz CT molecular complexity index is 975. The van der Waals surface area contributed by atoms with Gasteiger partial charge < -0.3 is 9.84 Å². The number of alkyl halides is 1. The van der Waals surface area contributed by atoms with Gasteiger partial charge in [-0.15, -0.1) is 0 Å². The van der Waals surface area contributed by atoms with Crippen LogP contribution >= 0.6 is 0 Å². The number of ketones is 1. The van der Waals surface area contributed by atoms with E-state index in [9.17, 15) is 14.7 Å². The van der Waals surface area contributed by atoms with Crippen molar-refractivity contribution in [2.45, 2.75) is 76.7 Å². The first-order valence-electron chi connectivity index (χ1n) is 11.9. The standard InChI is InChI=1S/C25H33FN2O4/c1-5-21(31)28-27-17-8-9-22(4)16(11-17)6-7-18-19-10-14(2)25(20(30)13-29)23(19,32-25)12-15(3)24(18,22)26/h8-9,11,14-15,18-19,29H,5-7,10,12-13H2,1-4H3,(H,28,31)/b27-17+/t14-,15+,18+,19+,22+,23-,24-,25+/m1/s1. The van der Waals surface area contributed by atoms with E-state index in [0.717, 1.165) is 18.4 Å². The molecule has 0 aromatic heterocycles. The van der Waals surface area contributed by atoms with Gasteiger partial charge in [0.05, 0.1) is 5.71 Å². The number of carbonyl (C=O) groups excluding carboxylic acids is 2. The number of allylic oxidation sites excluding steroid dienone is 4. The van der Waals surface area contributed by atoms with Crippen molar-refractivity contribution in [3.8, 4) is 0 Å². The molecule has 7 heteroatoms. The van der Waals surface area contributed by atoms with Gasteiger partial charge in [-0.2, -0.15) is 5.10 Å². The molecular formula is C25H33FN2O4. The molecule has 1 heterocycles. The zero-order valence-electron chi connectivity index (χ0n) is 19.3. The van der Waals surface area contributed by atoms with Gasteiger partial charge in [-0.05, 0) is 62.5 Å². The predicted octanol–water partition coefficient (Wildman–Crippen LogP) is 3.25. The zero-order chi connectivity index (χ0) is 23.1. The van der Waals surface area contributed by atoms with Crippen LogP contribution in [0.1, 0.15) is 59.8 Å². The van der Waals surface area contributed by atoms with Crippen molar-refractivity contribution in [1.29, 1.82) is 0 Å². The van der Waals surface area contributed by atoms with Crippen LogP contribution in [0, 0.1) is 29.1 Å². The van der Waals surface area contributed by atoms with Gasteiger partial charge >= 0.3 is 0 Å². The number of hydrazone groups is 1. The Morgan fingerprint density at radius 2 is 2.06 bits per heavy atom. The van der Waals surface area contributed by atoms with E-state index in [-0.39, 0.29) is 35.4 Å². The molecule has 6 nitrogen and oxygen atoms in total. The van der Waals surface area contributed by atoms with Crippen LogP contribution in [-0.4, -0.2) is 46.0 Å². The Kier molecular flexibility index (Phi) is 4.68. The van der Waals surface area contributed by atoms with Gasteiger partial charge in [0.1, 0.15) is 17.9 Å². The van der Waals surface area contributed by atoms with Crippen molar-refractivity contribution in [2.24, 2.45) is 34.2 Å². The summed E-state index contributed by atoms with van der Waals surface area (Å²) >= 11 is 0. The van der Waals surface area contributed by atoms with Crippen molar-refractivity contribution in [2.75, 3.05) is 6.61 Å². The quantitative estimate of drug-likeness (QED) is 0.514. The summed E-state index contributed by atoms with van der Waals surface area (Å²) in [5.74, 6) is -0.973. The van der Waals surface area contributed by atoms with Gasteiger partial charge in [0, 0.05) is 17.8 Å². The second-order valence-electron chi connectivity index (χ2n) is 10.7. The third-order valence-electron chi connectivity index (χ3n) is 9.47. The molecule has 1 saturated heterocycles. The topological polar surface area (TPSA) is 91.3 Å². The van der Waals surface area contributed by atoms with Gasteiger partial charge in [0.2, 0.25) is 5.91 Å². The zero-order valence-corrected chi connectivity index (χ0v) is 19.3. The SMILES string of the molecule is CCC(=O)N/N=C1\C=C[C@@]2(C)C(=C1)CC[C@H]1[C@@H]3C[C@@H](C)[C@@]4(C(=O)CO)O[C@]34C[C@H](C)[C@@]12F. The molecule has 5 aliphatic rings. The minimum atomic E-state index is -1.47. The lowest BCUT2D eigenvalue weighted by atomic mass is 9.46. The van der Waals surface area contributed by atoms with E-state index in [4.69, 9.17) is 4.74 Å². The molecule has 174 valence electrons. The third-order valence-corrected chi connectivity index (χ3v) is 9.47. The van der Waals surface area contributed by atoms with Gasteiger partial charge in [-0.25, -0.2) is 9.82 Å². The molecule has 0 unspecified atom stereocenters. The number of Topliss-reactive ketones (excluding diaryl/α,β-unsaturated/α-hetero) is 1. The van der Waals surface area contributed by atoms with E-state index in [1.54, 1.807) is 6.92 Å². The van der Waals surface area contributed by atoms with Crippen LogP contribution in [0.5, 0.6) is 0 Å². The number of aliphatic hydroxyl groups excluding tert-OH is 1. The van der Waals surface area contributed by atoms with Gasteiger partial charge in [-0.1, -0.05) is 32.4 Å². The molecule has 2 N–H and O–H groups in total. The molecule has 32 heavy (non-hydrogen) atoms. The van der Waals surface area contributed by atoms with Crippen LogP contribution in [-0.2, 0) is 14.3 Å². The number of carbonyl (C=O) groups is 2. The molecule has 8 atom stereocenters. The summed E-state index contributed by atoms with van der Waals surface area (Å²) in [7, 11) is 0. The van der Waals surface area contributed by atoms with E-state index in [2.05, 4.69) is 10.5 Å². The summed E-state index contributed by atoms with van der Waals surface area (Å²) < 4.78 is 23.6. The van der Waals surface area contributed by atoms with Crippen LogP contribution < -0.4 is 5.43 Å². The third kappa shape index (κ3) is 2.39. The molecule has 1 spiro atoms. The van der Waals surface area contributed by atoms with Gasteiger partial charge in [-0.3, -0.25) is 9.59 Å². The second-order valence-corrected chi connectivity index (χ2v) is 10.7. The van der Waals surface area contributed by atoms with Crippen LogP contribution in [0.4, 0.5) is 4.39 Å². The van der Waals surface area contributed by atoms with Crippen LogP contribution in [0.2, 0.25) is 0 Å². The smallest absolute Gasteiger partial charge is 0.239 e. The molecule has 0 aromatic rings. The monoisotopic (exact) mass is 444 g/mol. The Morgan fingerprint density at radius 3 is 2.75 bits per heavy atom. The normalized spacial score (nSPS) is 49.4. The number of epoxide rings is 1. The van der Waals surface area contributed by atoms with E-state index in [1.807, 2.05) is 39.0 Å². The highest BCUT2D eigenvalue weighted by atomic mass is 19.1. The molecule has 1 amide bonds. The number of nitrogens with zero attached hydrogens (tertiary/aromatic N) is 1. The average Bonchev–Trinajstić information content (AvgIpc) is 3.38. The average molecular weight is 445 g/mol. The molecule has 0 radical (unpaired) electrons. The number of nitrogens with one attached hydrogen (secondary N) is 1. The van der Waals surface area contributed by atoms with Gasteiger partial charge in [0.15, 0.2) is 11.4 Å². The Morgan fingerprint density at radius 1 is 1.31 bits per heavy atom. The predicted molar refractivity (Wildman–Crippen MR) is 117 cm³/mol. The number of ether oxygens (including phenoxy) is 1. The maximum Gasteiger partial charge on any atom is 0.239 e. The van der Waals surface area contributed by atoms with E-state index >= 15 is 4.39 Å². The summed E-state index contributed by atoms with van der Waals surface area (Å²) in [5, 5.41) is 13.8. The van der Waals surface area contributed by atoms with Crippen molar-refractivity contribution >= 4 is 17.4 Å².